The van der Waals surface area contributed by atoms with Crippen LogP contribution in [0.3, 0.4) is 0 Å². The molecule has 2 heterocycles. The summed E-state index contributed by atoms with van der Waals surface area (Å²) in [5.41, 5.74) is 1.91. The summed E-state index contributed by atoms with van der Waals surface area (Å²) in [7, 11) is 3.81. The van der Waals surface area contributed by atoms with Gasteiger partial charge in [-0.3, -0.25) is 0 Å². The molecule has 1 aromatic heterocycles. The lowest BCUT2D eigenvalue weighted by Crippen LogP contribution is -2.38. The van der Waals surface area contributed by atoms with Crippen molar-refractivity contribution in [3.8, 4) is 0 Å². The molecule has 25 heavy (non-hydrogen) atoms. The van der Waals surface area contributed by atoms with Crippen molar-refractivity contribution in [3.63, 3.8) is 0 Å². The largest absolute Gasteiger partial charge is 0.440 e. The number of aliphatic hydroxyl groups is 1. The third kappa shape index (κ3) is 3.62. The van der Waals surface area contributed by atoms with Crippen molar-refractivity contribution in [1.82, 2.24) is 14.8 Å². The molecule has 2 atom stereocenters. The van der Waals surface area contributed by atoms with Crippen LogP contribution in [0.2, 0.25) is 0 Å². The zero-order valence-corrected chi connectivity index (χ0v) is 15.4. The van der Waals surface area contributed by atoms with E-state index in [1.165, 1.54) is 0 Å². The lowest BCUT2D eigenvalue weighted by Gasteiger charge is -2.21. The Bertz CT molecular complexity index is 778. The Labute approximate surface area is 147 Å². The van der Waals surface area contributed by atoms with Crippen LogP contribution in [0.5, 0.6) is 0 Å². The Hall–Kier alpha value is -2.12. The maximum absolute atomic E-state index is 12.5. The summed E-state index contributed by atoms with van der Waals surface area (Å²) in [6.07, 6.45) is -0.534. The van der Waals surface area contributed by atoms with Gasteiger partial charge < -0.3 is 24.6 Å². The van der Waals surface area contributed by atoms with Gasteiger partial charge in [-0.25, -0.2) is 9.78 Å². The SMILES string of the molecule is CN(C)[C@H]1CN(C(=O)Nc2ccc3oc(C(C)(C)C)nc3c2)C[C@@H]1O. The maximum atomic E-state index is 12.5. The van der Waals surface area contributed by atoms with Crippen LogP contribution in [0.4, 0.5) is 10.5 Å². The van der Waals surface area contributed by atoms with Gasteiger partial charge in [-0.2, -0.15) is 0 Å². The quantitative estimate of drug-likeness (QED) is 0.872. The van der Waals surface area contributed by atoms with Crippen LogP contribution in [-0.4, -0.2) is 65.3 Å². The summed E-state index contributed by atoms with van der Waals surface area (Å²) in [6, 6.07) is 5.16. The third-order valence-electron chi connectivity index (χ3n) is 4.49. The monoisotopic (exact) mass is 346 g/mol. The number of rotatable bonds is 2. The molecule has 0 bridgehead atoms. The lowest BCUT2D eigenvalue weighted by molar-refractivity contribution is 0.113. The minimum atomic E-state index is -0.534. The first-order valence-corrected chi connectivity index (χ1v) is 8.46. The highest BCUT2D eigenvalue weighted by molar-refractivity contribution is 5.91. The number of amides is 2. The number of carbonyl (C=O) groups is 1. The number of aromatic nitrogens is 1. The van der Waals surface area contributed by atoms with Crippen LogP contribution in [-0.2, 0) is 5.41 Å². The van der Waals surface area contributed by atoms with Gasteiger partial charge >= 0.3 is 6.03 Å². The zero-order chi connectivity index (χ0) is 18.4. The number of benzene rings is 1. The molecular formula is C18H26N4O3. The average molecular weight is 346 g/mol. The van der Waals surface area contributed by atoms with Crippen molar-refractivity contribution >= 4 is 22.8 Å². The Balaban J connectivity index is 1.73. The molecule has 0 saturated carbocycles. The highest BCUT2D eigenvalue weighted by Crippen LogP contribution is 2.27. The maximum Gasteiger partial charge on any atom is 0.321 e. The van der Waals surface area contributed by atoms with Crippen LogP contribution in [0.15, 0.2) is 22.6 Å². The summed E-state index contributed by atoms with van der Waals surface area (Å²) in [5, 5.41) is 13.0. The lowest BCUT2D eigenvalue weighted by atomic mass is 9.97. The number of β-amino-alcohol motifs (C(OH)–C–C–N with tert-alkyl or cyclic N) is 1. The van der Waals surface area contributed by atoms with Crippen molar-refractivity contribution in [1.29, 1.82) is 0 Å². The molecule has 7 heteroatoms. The Morgan fingerprint density at radius 1 is 1.36 bits per heavy atom. The van der Waals surface area contributed by atoms with Gasteiger partial charge in [0.15, 0.2) is 5.58 Å². The van der Waals surface area contributed by atoms with E-state index < -0.39 is 6.10 Å². The van der Waals surface area contributed by atoms with E-state index in [2.05, 4.69) is 10.3 Å². The highest BCUT2D eigenvalue weighted by Gasteiger charge is 2.35. The second-order valence-corrected chi connectivity index (χ2v) is 7.88. The van der Waals surface area contributed by atoms with Gasteiger partial charge in [-0.1, -0.05) is 20.8 Å². The first-order valence-electron chi connectivity index (χ1n) is 8.46. The second-order valence-electron chi connectivity index (χ2n) is 7.88. The van der Waals surface area contributed by atoms with Gasteiger partial charge in [0.25, 0.3) is 0 Å². The molecular weight excluding hydrogens is 320 g/mol. The summed E-state index contributed by atoms with van der Waals surface area (Å²) >= 11 is 0. The van der Waals surface area contributed by atoms with E-state index in [9.17, 15) is 9.90 Å². The summed E-state index contributed by atoms with van der Waals surface area (Å²) in [5.74, 6) is 0.669. The number of carbonyl (C=O) groups excluding carboxylic acids is 1. The molecule has 1 aliphatic heterocycles. The fraction of sp³-hybridized carbons (Fsp3) is 0.556. The van der Waals surface area contributed by atoms with Crippen LogP contribution in [0.1, 0.15) is 26.7 Å². The predicted octanol–water partition coefficient (Wildman–Crippen LogP) is 2.26. The number of likely N-dealkylation sites (tertiary alicyclic amines) is 1. The molecule has 3 rings (SSSR count). The van der Waals surface area contributed by atoms with E-state index in [4.69, 9.17) is 4.42 Å². The van der Waals surface area contributed by atoms with Crippen LogP contribution in [0, 0.1) is 0 Å². The number of nitrogens with one attached hydrogen (secondary N) is 1. The van der Waals surface area contributed by atoms with Crippen LogP contribution >= 0.6 is 0 Å². The van der Waals surface area contributed by atoms with Crippen molar-refractivity contribution in [2.75, 3.05) is 32.5 Å². The summed E-state index contributed by atoms with van der Waals surface area (Å²) < 4.78 is 5.77. The van der Waals surface area contributed by atoms with Crippen LogP contribution in [0.25, 0.3) is 11.1 Å². The molecule has 1 fully saturated rings. The fourth-order valence-corrected chi connectivity index (χ4v) is 2.97. The van der Waals surface area contributed by atoms with Crippen molar-refractivity contribution in [2.45, 2.75) is 38.3 Å². The standard InChI is InChI=1S/C18H26N4O3/c1-18(2,3)16-20-12-8-11(6-7-15(12)25-16)19-17(24)22-9-13(21(4)5)14(23)10-22/h6-8,13-14,23H,9-10H2,1-5H3,(H,19,24)/t13-,14-/m0/s1. The van der Waals surface area contributed by atoms with E-state index in [1.807, 2.05) is 51.9 Å². The molecule has 7 nitrogen and oxygen atoms in total. The molecule has 0 spiro atoms. The Morgan fingerprint density at radius 3 is 2.68 bits per heavy atom. The summed E-state index contributed by atoms with van der Waals surface area (Å²) in [6.45, 7) is 6.95. The van der Waals surface area contributed by atoms with Crippen LogP contribution < -0.4 is 5.32 Å². The summed E-state index contributed by atoms with van der Waals surface area (Å²) in [4.78, 5) is 20.6. The van der Waals surface area contributed by atoms with E-state index in [-0.39, 0.29) is 17.5 Å². The molecule has 0 aliphatic carbocycles. The molecule has 1 aliphatic rings. The second kappa shape index (κ2) is 6.31. The van der Waals surface area contributed by atoms with E-state index >= 15 is 0 Å². The molecule has 2 N–H and O–H groups in total. The number of urea groups is 1. The van der Waals surface area contributed by atoms with E-state index in [0.717, 1.165) is 5.52 Å². The van der Waals surface area contributed by atoms with Gasteiger partial charge in [0.2, 0.25) is 5.89 Å². The minimum Gasteiger partial charge on any atom is -0.440 e. The first-order chi connectivity index (χ1) is 11.6. The van der Waals surface area contributed by atoms with E-state index in [1.54, 1.807) is 11.0 Å². The number of fused-ring (bicyclic) bond motifs is 1. The van der Waals surface area contributed by atoms with Gasteiger partial charge in [-0.15, -0.1) is 0 Å². The molecule has 2 aromatic rings. The van der Waals surface area contributed by atoms with Gasteiger partial charge in [0.05, 0.1) is 18.7 Å². The molecule has 0 unspecified atom stereocenters. The van der Waals surface area contributed by atoms with Crippen molar-refractivity contribution in [2.24, 2.45) is 0 Å². The number of anilines is 1. The normalized spacial score (nSPS) is 21.3. The average Bonchev–Trinajstić information content (AvgIpc) is 3.09. The van der Waals surface area contributed by atoms with Crippen molar-refractivity contribution < 1.29 is 14.3 Å². The molecule has 0 radical (unpaired) electrons. The molecule has 1 aromatic carbocycles. The van der Waals surface area contributed by atoms with E-state index in [0.29, 0.717) is 30.3 Å². The molecule has 136 valence electrons. The number of aliphatic hydroxyl groups excluding tert-OH is 1. The third-order valence-corrected chi connectivity index (χ3v) is 4.49. The minimum absolute atomic E-state index is 0.0434. The number of hydrogen-bond acceptors (Lipinski definition) is 5. The smallest absolute Gasteiger partial charge is 0.321 e. The fourth-order valence-electron chi connectivity index (χ4n) is 2.97. The zero-order valence-electron chi connectivity index (χ0n) is 15.4. The number of nitrogens with zero attached hydrogens (tertiary/aromatic N) is 3. The Kier molecular flexibility index (Phi) is 4.47. The molecule has 2 amide bonds. The molecule has 1 saturated heterocycles. The highest BCUT2D eigenvalue weighted by atomic mass is 16.3. The number of oxazole rings is 1. The van der Waals surface area contributed by atoms with Gasteiger partial charge in [0.1, 0.15) is 5.52 Å². The van der Waals surface area contributed by atoms with Gasteiger partial charge in [0, 0.05) is 17.6 Å². The first kappa shape index (κ1) is 17.7. The number of likely N-dealkylation sites (N-methyl/N-ethyl adjacent to an activating group) is 1. The Morgan fingerprint density at radius 2 is 2.08 bits per heavy atom. The number of hydrogen-bond donors (Lipinski definition) is 2. The van der Waals surface area contributed by atoms with Gasteiger partial charge in [-0.05, 0) is 32.3 Å². The topological polar surface area (TPSA) is 81.8 Å². The van der Waals surface area contributed by atoms with Crippen molar-refractivity contribution in [3.05, 3.63) is 24.1 Å². The predicted molar refractivity (Wildman–Crippen MR) is 96.8 cm³/mol.